The van der Waals surface area contributed by atoms with Gasteiger partial charge in [-0.25, -0.2) is 5.01 Å². The molecule has 1 aromatic heterocycles. The Morgan fingerprint density at radius 2 is 1.71 bits per heavy atom. The van der Waals surface area contributed by atoms with E-state index < -0.39 is 0 Å². The molecule has 0 radical (unpaired) electrons. The van der Waals surface area contributed by atoms with Crippen molar-refractivity contribution in [2.24, 2.45) is 5.10 Å². The average molecular weight is 469 g/mol. The summed E-state index contributed by atoms with van der Waals surface area (Å²) in [6.45, 7) is 0. The third-order valence-electron chi connectivity index (χ3n) is 5.90. The fourth-order valence-electron chi connectivity index (χ4n) is 4.18. The second kappa shape index (κ2) is 9.53. The number of aldehydes is 1. The molecule has 0 saturated carbocycles. The van der Waals surface area contributed by atoms with E-state index in [1.165, 1.54) is 5.01 Å². The number of hydrogen-bond donors (Lipinski definition) is 0. The first-order valence-electron chi connectivity index (χ1n) is 11.0. The first-order valence-corrected chi connectivity index (χ1v) is 11.4. The fourth-order valence-corrected chi connectivity index (χ4v) is 4.37. The van der Waals surface area contributed by atoms with Crippen LogP contribution in [-0.4, -0.2) is 32.9 Å². The zero-order valence-electron chi connectivity index (χ0n) is 18.3. The van der Waals surface area contributed by atoms with Crippen LogP contribution in [0.15, 0.2) is 84.2 Å². The normalized spacial score (nSPS) is 15.4. The molecule has 0 spiro atoms. The lowest BCUT2D eigenvalue weighted by molar-refractivity contribution is -0.133. The van der Waals surface area contributed by atoms with Crippen molar-refractivity contribution in [3.05, 3.63) is 95.3 Å². The quantitative estimate of drug-likeness (QED) is 0.345. The molecular formula is C27H21ClN4O2. The fraction of sp³-hybridized carbons (Fsp3) is 0.148. The molecule has 0 aliphatic carbocycles. The maximum Gasteiger partial charge on any atom is 0.243 e. The third kappa shape index (κ3) is 4.45. The van der Waals surface area contributed by atoms with Crippen LogP contribution in [0.4, 0.5) is 0 Å². The summed E-state index contributed by atoms with van der Waals surface area (Å²) >= 11 is 6.14. The number of rotatable bonds is 6. The molecule has 0 N–H and O–H groups in total. The molecule has 3 aromatic carbocycles. The first-order chi connectivity index (χ1) is 16.6. The Bertz CT molecular complexity index is 1400. The number of carbonyl (C=O) groups excluding carboxylic acids is 2. The van der Waals surface area contributed by atoms with E-state index in [1.807, 2.05) is 66.7 Å². The smallest absolute Gasteiger partial charge is 0.243 e. The van der Waals surface area contributed by atoms with E-state index in [0.717, 1.165) is 45.3 Å². The van der Waals surface area contributed by atoms with Gasteiger partial charge < -0.3 is 4.79 Å². The van der Waals surface area contributed by atoms with Gasteiger partial charge in [-0.2, -0.15) is 5.10 Å². The highest BCUT2D eigenvalue weighted by Crippen LogP contribution is 2.35. The molecule has 4 aromatic rings. The van der Waals surface area contributed by atoms with Crippen molar-refractivity contribution in [2.45, 2.75) is 25.3 Å². The Labute approximate surface area is 201 Å². The predicted octanol–water partition coefficient (Wildman–Crippen LogP) is 5.61. The molecule has 1 aliphatic heterocycles. The Kier molecular flexibility index (Phi) is 6.14. The number of hydrogen-bond acceptors (Lipinski definition) is 5. The highest BCUT2D eigenvalue weighted by molar-refractivity contribution is 6.30. The lowest BCUT2D eigenvalue weighted by atomic mass is 9.96. The average Bonchev–Trinajstić information content (AvgIpc) is 3.33. The second-order valence-corrected chi connectivity index (χ2v) is 8.54. The Morgan fingerprint density at radius 3 is 2.47 bits per heavy atom. The Morgan fingerprint density at radius 1 is 0.941 bits per heavy atom. The van der Waals surface area contributed by atoms with Crippen LogP contribution in [0, 0.1) is 0 Å². The molecule has 0 saturated heterocycles. The molecular weight excluding hydrogens is 448 g/mol. The number of amides is 1. The summed E-state index contributed by atoms with van der Waals surface area (Å²) in [5.41, 5.74) is 6.34. The number of halogens is 1. The van der Waals surface area contributed by atoms with E-state index >= 15 is 0 Å². The van der Waals surface area contributed by atoms with E-state index in [9.17, 15) is 9.59 Å². The van der Waals surface area contributed by atoms with Crippen LogP contribution in [0.2, 0.25) is 5.02 Å². The van der Waals surface area contributed by atoms with Gasteiger partial charge in [-0.05, 0) is 46.5 Å². The number of hydrazone groups is 1. The maximum absolute atomic E-state index is 12.9. The van der Waals surface area contributed by atoms with Gasteiger partial charge in [0.15, 0.2) is 0 Å². The number of benzene rings is 3. The number of nitrogens with zero attached hydrogens (tertiary/aromatic N) is 4. The van der Waals surface area contributed by atoms with Crippen LogP contribution in [0.5, 0.6) is 0 Å². The number of carbonyl (C=O) groups is 2. The summed E-state index contributed by atoms with van der Waals surface area (Å²) in [6.07, 6.45) is 4.92. The number of aromatic nitrogens is 2. The van der Waals surface area contributed by atoms with E-state index in [1.54, 1.807) is 12.4 Å². The van der Waals surface area contributed by atoms with E-state index in [0.29, 0.717) is 11.4 Å². The van der Waals surface area contributed by atoms with Gasteiger partial charge in [0, 0.05) is 36.7 Å². The van der Waals surface area contributed by atoms with Crippen molar-refractivity contribution < 1.29 is 9.59 Å². The van der Waals surface area contributed by atoms with Crippen LogP contribution in [0.1, 0.15) is 36.4 Å². The van der Waals surface area contributed by atoms with Gasteiger partial charge in [0.2, 0.25) is 5.91 Å². The van der Waals surface area contributed by atoms with Crippen LogP contribution >= 0.6 is 11.6 Å². The van der Waals surface area contributed by atoms with Gasteiger partial charge in [0.05, 0.1) is 22.8 Å². The molecule has 0 bridgehead atoms. The van der Waals surface area contributed by atoms with E-state index in [4.69, 9.17) is 16.7 Å². The first kappa shape index (κ1) is 21.9. The van der Waals surface area contributed by atoms with Gasteiger partial charge in [-0.3, -0.25) is 14.8 Å². The molecule has 2 heterocycles. The zero-order chi connectivity index (χ0) is 23.5. The van der Waals surface area contributed by atoms with Crippen molar-refractivity contribution in [1.82, 2.24) is 15.0 Å². The third-order valence-corrected chi connectivity index (χ3v) is 6.13. The summed E-state index contributed by atoms with van der Waals surface area (Å²) < 4.78 is 0. The zero-order valence-corrected chi connectivity index (χ0v) is 19.0. The Balaban J connectivity index is 1.46. The molecule has 1 aliphatic rings. The monoisotopic (exact) mass is 468 g/mol. The van der Waals surface area contributed by atoms with E-state index in [-0.39, 0.29) is 24.8 Å². The largest absolute Gasteiger partial charge is 0.303 e. The van der Waals surface area contributed by atoms with Crippen LogP contribution < -0.4 is 0 Å². The predicted molar refractivity (Wildman–Crippen MR) is 132 cm³/mol. The summed E-state index contributed by atoms with van der Waals surface area (Å²) in [5.74, 6) is -0.179. The number of fused-ring (bicyclic) bond motifs is 1. The topological polar surface area (TPSA) is 75.5 Å². The second-order valence-electron chi connectivity index (χ2n) is 8.10. The minimum Gasteiger partial charge on any atom is -0.303 e. The lowest BCUT2D eigenvalue weighted by Gasteiger charge is -2.22. The minimum absolute atomic E-state index is 0.123. The van der Waals surface area contributed by atoms with Crippen LogP contribution in [0.3, 0.4) is 0 Å². The molecule has 0 fully saturated rings. The standard InChI is InChI=1S/C27H21ClN4O2/c28-22-4-1-3-20(15-22)18-6-8-19(9-7-18)24-17-26(32(31-24)27(34)5-2-14-33)21-10-11-23-25(16-21)30-13-12-29-23/h1,3-4,6-16,26H,2,5,17H2. The minimum atomic E-state index is -0.270. The highest BCUT2D eigenvalue weighted by atomic mass is 35.5. The molecule has 1 atom stereocenters. The molecule has 7 heteroatoms. The molecule has 6 nitrogen and oxygen atoms in total. The van der Waals surface area contributed by atoms with Crippen molar-refractivity contribution in [3.63, 3.8) is 0 Å². The van der Waals surface area contributed by atoms with Crippen molar-refractivity contribution in [3.8, 4) is 11.1 Å². The van der Waals surface area contributed by atoms with Crippen molar-refractivity contribution >= 4 is 40.5 Å². The van der Waals surface area contributed by atoms with Crippen LogP contribution in [0.25, 0.3) is 22.2 Å². The molecule has 5 rings (SSSR count). The van der Waals surface area contributed by atoms with Gasteiger partial charge in [0.25, 0.3) is 0 Å². The van der Waals surface area contributed by atoms with Gasteiger partial charge >= 0.3 is 0 Å². The SMILES string of the molecule is O=CCCC(=O)N1N=C(c2ccc(-c3cccc(Cl)c3)cc2)CC1c1ccc2nccnc2c1. The molecule has 168 valence electrons. The van der Waals surface area contributed by atoms with Crippen LogP contribution in [-0.2, 0) is 9.59 Å². The summed E-state index contributed by atoms with van der Waals surface area (Å²) in [4.78, 5) is 32.5. The van der Waals surface area contributed by atoms with Gasteiger partial charge in [0.1, 0.15) is 6.29 Å². The van der Waals surface area contributed by atoms with Crippen molar-refractivity contribution in [2.75, 3.05) is 0 Å². The maximum atomic E-state index is 12.9. The van der Waals surface area contributed by atoms with Gasteiger partial charge in [-0.1, -0.05) is 54.1 Å². The lowest BCUT2D eigenvalue weighted by Crippen LogP contribution is -2.26. The highest BCUT2D eigenvalue weighted by Gasteiger charge is 2.33. The summed E-state index contributed by atoms with van der Waals surface area (Å²) in [6, 6.07) is 21.3. The summed E-state index contributed by atoms with van der Waals surface area (Å²) in [7, 11) is 0. The van der Waals surface area contributed by atoms with Gasteiger partial charge in [-0.15, -0.1) is 0 Å². The molecule has 1 unspecified atom stereocenters. The Hall–Kier alpha value is -3.90. The van der Waals surface area contributed by atoms with Crippen molar-refractivity contribution in [1.29, 1.82) is 0 Å². The van der Waals surface area contributed by atoms with E-state index in [2.05, 4.69) is 9.97 Å². The summed E-state index contributed by atoms with van der Waals surface area (Å²) in [5, 5.41) is 6.90. The molecule has 34 heavy (non-hydrogen) atoms. The molecule has 1 amide bonds.